The highest BCUT2D eigenvalue weighted by Gasteiger charge is 2.27. The molecule has 1 aliphatic rings. The molecule has 0 spiro atoms. The quantitative estimate of drug-likeness (QED) is 0.730. The maximum Gasteiger partial charge on any atom is 0.339 e. The van der Waals surface area contributed by atoms with Crippen molar-refractivity contribution in [3.63, 3.8) is 0 Å². The monoisotopic (exact) mass is 386 g/mol. The molecule has 2 aromatic heterocycles. The van der Waals surface area contributed by atoms with Gasteiger partial charge < -0.3 is 19.0 Å². The maximum absolute atomic E-state index is 12.4. The number of amides is 1. The van der Waals surface area contributed by atoms with Crippen LogP contribution in [0.15, 0.2) is 28.9 Å². The van der Waals surface area contributed by atoms with E-state index in [-0.39, 0.29) is 17.8 Å². The molecule has 0 aliphatic heterocycles. The summed E-state index contributed by atoms with van der Waals surface area (Å²) >= 11 is 0. The normalized spacial score (nSPS) is 19.4. The zero-order chi connectivity index (χ0) is 20.1. The second kappa shape index (κ2) is 9.13. The standard InChI is InChI=1S/C22H30N2O4/c1-4-27-22(26)20-12-15(2)24(16(20)3)14-17-7-9-18(10-8-17)21(25)23-13-19-6-5-11-28-19/h5-6,11-12,17-18H,4,7-10,13-14H2,1-3H3,(H,23,25). The second-order valence-corrected chi connectivity index (χ2v) is 7.63. The van der Waals surface area contributed by atoms with E-state index in [2.05, 4.69) is 9.88 Å². The number of carbonyl (C=O) groups is 2. The summed E-state index contributed by atoms with van der Waals surface area (Å²) < 4.78 is 12.6. The Morgan fingerprint density at radius 2 is 2.00 bits per heavy atom. The van der Waals surface area contributed by atoms with Gasteiger partial charge in [0.05, 0.1) is 25.0 Å². The Kier molecular flexibility index (Phi) is 6.60. The van der Waals surface area contributed by atoms with Crippen molar-refractivity contribution in [3.8, 4) is 0 Å². The summed E-state index contributed by atoms with van der Waals surface area (Å²) in [5.41, 5.74) is 2.71. The number of esters is 1. The van der Waals surface area contributed by atoms with Crippen LogP contribution in [0.2, 0.25) is 0 Å². The van der Waals surface area contributed by atoms with Crippen LogP contribution in [0.3, 0.4) is 0 Å². The topological polar surface area (TPSA) is 73.5 Å². The third kappa shape index (κ3) is 4.66. The lowest BCUT2D eigenvalue weighted by Gasteiger charge is -2.29. The molecule has 152 valence electrons. The number of ether oxygens (including phenoxy) is 1. The summed E-state index contributed by atoms with van der Waals surface area (Å²) in [6, 6.07) is 5.61. The van der Waals surface area contributed by atoms with Gasteiger partial charge in [0, 0.05) is 23.9 Å². The van der Waals surface area contributed by atoms with Crippen molar-refractivity contribution in [2.45, 2.75) is 59.5 Å². The van der Waals surface area contributed by atoms with E-state index in [0.717, 1.165) is 49.4 Å². The molecular formula is C22H30N2O4. The SMILES string of the molecule is CCOC(=O)c1cc(C)n(CC2CCC(C(=O)NCc3ccco3)CC2)c1C. The van der Waals surface area contributed by atoms with Crippen LogP contribution >= 0.6 is 0 Å². The molecule has 1 saturated carbocycles. The Morgan fingerprint density at radius 3 is 2.64 bits per heavy atom. The van der Waals surface area contributed by atoms with E-state index in [0.29, 0.717) is 24.6 Å². The zero-order valence-electron chi connectivity index (χ0n) is 17.0. The summed E-state index contributed by atoms with van der Waals surface area (Å²) in [5, 5.41) is 2.98. The molecule has 6 nitrogen and oxygen atoms in total. The van der Waals surface area contributed by atoms with Crippen LogP contribution in [0, 0.1) is 25.7 Å². The number of furan rings is 1. The number of hydrogen-bond donors (Lipinski definition) is 1. The lowest BCUT2D eigenvalue weighted by molar-refractivity contribution is -0.126. The first-order valence-electron chi connectivity index (χ1n) is 10.1. The van der Waals surface area contributed by atoms with Crippen LogP contribution < -0.4 is 5.32 Å². The van der Waals surface area contributed by atoms with Gasteiger partial charge in [-0.2, -0.15) is 0 Å². The summed E-state index contributed by atoms with van der Waals surface area (Å²) in [6.45, 7) is 7.55. The van der Waals surface area contributed by atoms with E-state index in [1.165, 1.54) is 0 Å². The molecule has 1 aliphatic carbocycles. The zero-order valence-corrected chi connectivity index (χ0v) is 17.0. The number of aromatic nitrogens is 1. The van der Waals surface area contributed by atoms with Crippen molar-refractivity contribution in [1.29, 1.82) is 0 Å². The molecule has 0 bridgehead atoms. The highest BCUT2D eigenvalue weighted by atomic mass is 16.5. The fraction of sp³-hybridized carbons (Fsp3) is 0.545. The molecule has 2 heterocycles. The molecule has 2 aromatic rings. The number of nitrogens with zero attached hydrogens (tertiary/aromatic N) is 1. The molecule has 0 saturated heterocycles. The highest BCUT2D eigenvalue weighted by molar-refractivity contribution is 5.91. The molecule has 28 heavy (non-hydrogen) atoms. The van der Waals surface area contributed by atoms with Crippen LogP contribution in [-0.4, -0.2) is 23.1 Å². The summed E-state index contributed by atoms with van der Waals surface area (Å²) in [6.07, 6.45) is 5.46. The fourth-order valence-corrected chi connectivity index (χ4v) is 4.09. The van der Waals surface area contributed by atoms with Gasteiger partial charge in [0.2, 0.25) is 5.91 Å². The lowest BCUT2D eigenvalue weighted by atomic mass is 9.81. The van der Waals surface area contributed by atoms with Crippen molar-refractivity contribution in [2.75, 3.05) is 6.61 Å². The maximum atomic E-state index is 12.4. The molecule has 0 atom stereocenters. The lowest BCUT2D eigenvalue weighted by Crippen LogP contribution is -2.33. The molecular weight excluding hydrogens is 356 g/mol. The number of aryl methyl sites for hydroxylation is 1. The van der Waals surface area contributed by atoms with E-state index >= 15 is 0 Å². The Bertz CT molecular complexity index is 799. The van der Waals surface area contributed by atoms with Crippen molar-refractivity contribution in [1.82, 2.24) is 9.88 Å². The van der Waals surface area contributed by atoms with Crippen LogP contribution in [0.25, 0.3) is 0 Å². The largest absolute Gasteiger partial charge is 0.467 e. The van der Waals surface area contributed by atoms with Crippen molar-refractivity contribution in [3.05, 3.63) is 47.2 Å². The Labute approximate surface area is 166 Å². The van der Waals surface area contributed by atoms with E-state index in [1.807, 2.05) is 39.0 Å². The second-order valence-electron chi connectivity index (χ2n) is 7.63. The first-order valence-corrected chi connectivity index (χ1v) is 10.1. The van der Waals surface area contributed by atoms with Gasteiger partial charge in [-0.05, 0) is 70.6 Å². The summed E-state index contributed by atoms with van der Waals surface area (Å²) in [5.74, 6) is 1.24. The van der Waals surface area contributed by atoms with Crippen molar-refractivity contribution in [2.24, 2.45) is 11.8 Å². The highest BCUT2D eigenvalue weighted by Crippen LogP contribution is 2.31. The third-order valence-electron chi connectivity index (χ3n) is 5.74. The van der Waals surface area contributed by atoms with Gasteiger partial charge in [-0.1, -0.05) is 0 Å². The molecule has 1 amide bonds. The van der Waals surface area contributed by atoms with Crippen molar-refractivity contribution >= 4 is 11.9 Å². The number of nitrogens with one attached hydrogen (secondary N) is 1. The molecule has 6 heteroatoms. The molecule has 1 fully saturated rings. The minimum atomic E-state index is -0.251. The predicted octanol–water partition coefficient (Wildman–Crippen LogP) is 4.00. The average molecular weight is 386 g/mol. The first kappa shape index (κ1) is 20.2. The minimum absolute atomic E-state index is 0.0770. The van der Waals surface area contributed by atoms with Gasteiger partial charge in [0.1, 0.15) is 5.76 Å². The fourth-order valence-electron chi connectivity index (χ4n) is 4.09. The van der Waals surface area contributed by atoms with Crippen LogP contribution in [0.4, 0.5) is 0 Å². The molecule has 3 rings (SSSR count). The van der Waals surface area contributed by atoms with Gasteiger partial charge in [-0.3, -0.25) is 4.79 Å². The Balaban J connectivity index is 1.51. The van der Waals surface area contributed by atoms with Crippen LogP contribution in [0.5, 0.6) is 0 Å². The summed E-state index contributed by atoms with van der Waals surface area (Å²) in [7, 11) is 0. The average Bonchev–Trinajstić information content (AvgIpc) is 3.30. The molecule has 1 N–H and O–H groups in total. The van der Waals surface area contributed by atoms with Gasteiger partial charge in [-0.15, -0.1) is 0 Å². The van der Waals surface area contributed by atoms with Crippen molar-refractivity contribution < 1.29 is 18.7 Å². The van der Waals surface area contributed by atoms with Crippen LogP contribution in [0.1, 0.15) is 60.1 Å². The van der Waals surface area contributed by atoms with Gasteiger partial charge in [0.25, 0.3) is 0 Å². The minimum Gasteiger partial charge on any atom is -0.467 e. The van der Waals surface area contributed by atoms with Gasteiger partial charge >= 0.3 is 5.97 Å². The Morgan fingerprint density at radius 1 is 1.25 bits per heavy atom. The first-order chi connectivity index (χ1) is 13.5. The molecule has 0 radical (unpaired) electrons. The Hall–Kier alpha value is -2.50. The number of carbonyl (C=O) groups excluding carboxylic acids is 2. The number of hydrogen-bond acceptors (Lipinski definition) is 4. The molecule has 0 unspecified atom stereocenters. The number of rotatable bonds is 7. The van der Waals surface area contributed by atoms with E-state index in [1.54, 1.807) is 6.26 Å². The third-order valence-corrected chi connectivity index (χ3v) is 5.74. The molecule has 0 aromatic carbocycles. The smallest absolute Gasteiger partial charge is 0.339 e. The van der Waals surface area contributed by atoms with E-state index in [4.69, 9.17) is 9.15 Å². The van der Waals surface area contributed by atoms with E-state index < -0.39 is 0 Å². The van der Waals surface area contributed by atoms with E-state index in [9.17, 15) is 9.59 Å². The van der Waals surface area contributed by atoms with Crippen LogP contribution in [-0.2, 0) is 22.6 Å². The predicted molar refractivity (Wildman–Crippen MR) is 106 cm³/mol. The van der Waals surface area contributed by atoms with Gasteiger partial charge in [0.15, 0.2) is 0 Å². The van der Waals surface area contributed by atoms with Gasteiger partial charge in [-0.25, -0.2) is 4.79 Å². The summed E-state index contributed by atoms with van der Waals surface area (Å²) in [4.78, 5) is 24.5.